The lowest BCUT2D eigenvalue weighted by Crippen LogP contribution is -2.51. The van der Waals surface area contributed by atoms with Crippen molar-refractivity contribution >= 4 is 39.2 Å². The molecule has 2 N–H and O–H groups in total. The number of rotatable bonds is 6. The number of piperazine rings is 1. The van der Waals surface area contributed by atoms with E-state index in [0.29, 0.717) is 54.6 Å². The molecule has 40 heavy (non-hydrogen) atoms. The van der Waals surface area contributed by atoms with Crippen LogP contribution < -0.4 is 26.2 Å². The first-order valence-corrected chi connectivity index (χ1v) is 13.8. The zero-order valence-corrected chi connectivity index (χ0v) is 22.8. The fraction of sp³-hybridized carbons (Fsp3) is 0.393. The van der Waals surface area contributed by atoms with Gasteiger partial charge in [0.05, 0.1) is 23.2 Å². The maximum absolute atomic E-state index is 14.0. The number of likely N-dealkylation sites (N-methyl/N-ethyl adjacent to an activating group) is 1. The second-order valence-electron chi connectivity index (χ2n) is 10.3. The van der Waals surface area contributed by atoms with Crippen LogP contribution in [0.25, 0.3) is 27.5 Å². The van der Waals surface area contributed by atoms with Gasteiger partial charge in [0.2, 0.25) is 0 Å². The fourth-order valence-corrected chi connectivity index (χ4v) is 5.94. The Hall–Kier alpha value is -3.98. The second kappa shape index (κ2) is 10.9. The van der Waals surface area contributed by atoms with Crippen LogP contribution >= 0.6 is 11.6 Å². The number of aromatic nitrogens is 4. The van der Waals surface area contributed by atoms with E-state index in [1.54, 1.807) is 18.2 Å². The first-order chi connectivity index (χ1) is 19.4. The van der Waals surface area contributed by atoms with Crippen LogP contribution in [-0.4, -0.2) is 76.3 Å². The molecule has 4 aromatic rings. The lowest BCUT2D eigenvalue weighted by atomic mass is 10.1. The molecule has 12 heteroatoms. The van der Waals surface area contributed by atoms with Gasteiger partial charge >= 0.3 is 11.7 Å². The third kappa shape index (κ3) is 4.79. The summed E-state index contributed by atoms with van der Waals surface area (Å²) in [7, 11) is 2.06. The van der Waals surface area contributed by atoms with Crippen LogP contribution in [0.4, 0.5) is 5.82 Å². The molecule has 0 amide bonds. The Morgan fingerprint density at radius 3 is 2.77 bits per heavy atom. The Labute approximate surface area is 235 Å². The number of nitriles is 1. The van der Waals surface area contributed by atoms with E-state index in [-0.39, 0.29) is 29.1 Å². The molecule has 2 aliphatic rings. The predicted octanol–water partition coefficient (Wildman–Crippen LogP) is 2.44. The summed E-state index contributed by atoms with van der Waals surface area (Å²) in [5.41, 5.74) is -0.580. The largest absolute Gasteiger partial charge is 0.462 e. The van der Waals surface area contributed by atoms with Gasteiger partial charge in [-0.05, 0) is 44.0 Å². The van der Waals surface area contributed by atoms with Gasteiger partial charge in [-0.15, -0.1) is 0 Å². The van der Waals surface area contributed by atoms with E-state index in [0.717, 1.165) is 29.3 Å². The molecule has 0 bridgehead atoms. The molecule has 2 fully saturated rings. The molecular weight excluding hydrogens is 532 g/mol. The average molecular weight is 561 g/mol. The number of nitrogens with one attached hydrogen (secondary N) is 2. The predicted molar refractivity (Wildman–Crippen MR) is 154 cm³/mol. The SMILES string of the molecule is CN1CCCC1COc1nc(N2CCNC(CC#N)C2)c2[nH]c(=O)n(-c3cccc4cccc(Cl)c34)c(=O)c2n1. The van der Waals surface area contributed by atoms with Crippen molar-refractivity contribution in [1.82, 2.24) is 29.7 Å². The Kier molecular flexibility index (Phi) is 7.14. The quantitative estimate of drug-likeness (QED) is 0.365. The van der Waals surface area contributed by atoms with Crippen LogP contribution in [0.1, 0.15) is 19.3 Å². The minimum atomic E-state index is -0.625. The van der Waals surface area contributed by atoms with E-state index < -0.39 is 11.2 Å². The molecule has 0 radical (unpaired) electrons. The minimum Gasteiger partial charge on any atom is -0.462 e. The van der Waals surface area contributed by atoms with Crippen molar-refractivity contribution in [3.63, 3.8) is 0 Å². The lowest BCUT2D eigenvalue weighted by molar-refractivity contribution is 0.188. The average Bonchev–Trinajstić information content (AvgIpc) is 3.37. The smallest absolute Gasteiger partial charge is 0.333 e. The van der Waals surface area contributed by atoms with Crippen LogP contribution in [-0.2, 0) is 0 Å². The summed E-state index contributed by atoms with van der Waals surface area (Å²) in [5.74, 6) is 0.404. The minimum absolute atomic E-state index is 0.0406. The van der Waals surface area contributed by atoms with Crippen LogP contribution in [0.3, 0.4) is 0 Å². The molecule has 2 aromatic carbocycles. The Balaban J connectivity index is 1.52. The van der Waals surface area contributed by atoms with Crippen molar-refractivity contribution < 1.29 is 4.74 Å². The normalized spacial score (nSPS) is 19.8. The molecule has 0 saturated carbocycles. The highest BCUT2D eigenvalue weighted by Crippen LogP contribution is 2.29. The van der Waals surface area contributed by atoms with Crippen molar-refractivity contribution in [2.24, 2.45) is 0 Å². The van der Waals surface area contributed by atoms with Gasteiger partial charge in [0, 0.05) is 37.1 Å². The van der Waals surface area contributed by atoms with E-state index in [9.17, 15) is 14.9 Å². The molecule has 2 aliphatic heterocycles. The van der Waals surface area contributed by atoms with Gasteiger partial charge in [-0.3, -0.25) is 4.79 Å². The van der Waals surface area contributed by atoms with Crippen LogP contribution in [0, 0.1) is 11.3 Å². The number of nitrogens with zero attached hydrogens (tertiary/aromatic N) is 6. The highest BCUT2D eigenvalue weighted by Gasteiger charge is 2.27. The Morgan fingerprint density at radius 2 is 2.00 bits per heavy atom. The monoisotopic (exact) mass is 560 g/mol. The molecule has 2 aromatic heterocycles. The second-order valence-corrected chi connectivity index (χ2v) is 10.7. The summed E-state index contributed by atoms with van der Waals surface area (Å²) in [6.07, 6.45) is 2.42. The summed E-state index contributed by atoms with van der Waals surface area (Å²) in [6, 6.07) is 13.2. The van der Waals surface area contributed by atoms with Crippen LogP contribution in [0.2, 0.25) is 5.02 Å². The van der Waals surface area contributed by atoms with E-state index in [1.165, 1.54) is 0 Å². The number of ether oxygens (including phenoxy) is 1. The molecule has 0 aliphatic carbocycles. The van der Waals surface area contributed by atoms with E-state index >= 15 is 0 Å². The van der Waals surface area contributed by atoms with Gasteiger partial charge in [-0.2, -0.15) is 15.2 Å². The number of H-pyrrole nitrogens is 1. The van der Waals surface area contributed by atoms with Crippen LogP contribution in [0.15, 0.2) is 46.0 Å². The number of aromatic amines is 1. The summed E-state index contributed by atoms with van der Waals surface area (Å²) >= 11 is 6.53. The number of halogens is 1. The Bertz CT molecular complexity index is 1740. The van der Waals surface area contributed by atoms with E-state index in [2.05, 4.69) is 38.3 Å². The highest BCUT2D eigenvalue weighted by molar-refractivity contribution is 6.36. The first-order valence-electron chi connectivity index (χ1n) is 13.4. The number of anilines is 1. The van der Waals surface area contributed by atoms with Crippen molar-refractivity contribution in [2.75, 3.05) is 44.7 Å². The molecule has 2 saturated heterocycles. The summed E-state index contributed by atoms with van der Waals surface area (Å²) in [6.45, 7) is 3.06. The first kappa shape index (κ1) is 26.3. The molecule has 6 rings (SSSR count). The molecule has 11 nitrogen and oxygen atoms in total. The zero-order valence-electron chi connectivity index (χ0n) is 22.1. The fourth-order valence-electron chi connectivity index (χ4n) is 5.66. The molecule has 2 unspecified atom stereocenters. The van der Waals surface area contributed by atoms with Crippen molar-refractivity contribution in [2.45, 2.75) is 31.3 Å². The van der Waals surface area contributed by atoms with Gasteiger partial charge in [0.25, 0.3) is 5.56 Å². The molecule has 206 valence electrons. The Morgan fingerprint density at radius 1 is 1.18 bits per heavy atom. The van der Waals surface area contributed by atoms with E-state index in [1.807, 2.05) is 23.1 Å². The summed E-state index contributed by atoms with van der Waals surface area (Å²) < 4.78 is 7.14. The summed E-state index contributed by atoms with van der Waals surface area (Å²) in [4.78, 5) is 43.8. The maximum Gasteiger partial charge on any atom is 0.333 e. The zero-order chi connectivity index (χ0) is 27.8. The lowest BCUT2D eigenvalue weighted by Gasteiger charge is -2.34. The van der Waals surface area contributed by atoms with Gasteiger partial charge in [-0.25, -0.2) is 9.36 Å². The van der Waals surface area contributed by atoms with Crippen molar-refractivity contribution in [3.05, 3.63) is 62.3 Å². The van der Waals surface area contributed by atoms with Crippen LogP contribution in [0.5, 0.6) is 6.01 Å². The van der Waals surface area contributed by atoms with Gasteiger partial charge in [0.15, 0.2) is 11.3 Å². The topological polar surface area (TPSA) is 132 Å². The molecule has 2 atom stereocenters. The standard InChI is InChI=1S/C28H29ClN8O3/c1-35-13-4-7-19(35)16-40-27-32-24-23(25(34-27)36-14-12-31-18(15-36)10-11-30)33-28(39)37(26(24)38)21-9-3-6-17-5-2-8-20(29)22(17)21/h2-3,5-6,8-9,18-19,31H,4,7,10,12-16H2,1H3,(H,33,39). The van der Waals surface area contributed by atoms with E-state index in [4.69, 9.17) is 16.3 Å². The van der Waals surface area contributed by atoms with Gasteiger partial charge in [0.1, 0.15) is 12.1 Å². The van der Waals surface area contributed by atoms with Crippen molar-refractivity contribution in [1.29, 1.82) is 5.26 Å². The van der Waals surface area contributed by atoms with Gasteiger partial charge in [-0.1, -0.05) is 35.9 Å². The number of fused-ring (bicyclic) bond motifs is 2. The third-order valence-corrected chi connectivity index (χ3v) is 8.07. The maximum atomic E-state index is 14.0. The molecule has 4 heterocycles. The number of likely N-dealkylation sites (tertiary alicyclic amines) is 1. The molecule has 0 spiro atoms. The number of hydrogen-bond acceptors (Lipinski definition) is 9. The van der Waals surface area contributed by atoms with Crippen molar-refractivity contribution in [3.8, 4) is 17.8 Å². The highest BCUT2D eigenvalue weighted by atomic mass is 35.5. The number of benzene rings is 2. The third-order valence-electron chi connectivity index (χ3n) is 7.75. The van der Waals surface area contributed by atoms with Gasteiger partial charge < -0.3 is 24.8 Å². The summed E-state index contributed by atoms with van der Waals surface area (Å²) in [5, 5.41) is 14.4. The number of hydrogen-bond donors (Lipinski definition) is 2. The molecular formula is C28H29ClN8O3.